The van der Waals surface area contributed by atoms with Gasteiger partial charge in [0.1, 0.15) is 6.07 Å². The first-order valence-corrected chi connectivity index (χ1v) is 6.13. The Morgan fingerprint density at radius 3 is 2.83 bits per heavy atom. The van der Waals surface area contributed by atoms with Gasteiger partial charge in [-0.1, -0.05) is 11.6 Å². The van der Waals surface area contributed by atoms with Gasteiger partial charge in [0, 0.05) is 5.02 Å². The van der Waals surface area contributed by atoms with E-state index in [1.165, 1.54) is 0 Å². The van der Waals surface area contributed by atoms with Crippen LogP contribution >= 0.6 is 11.6 Å². The lowest BCUT2D eigenvalue weighted by Gasteiger charge is -2.23. The number of nitriles is 1. The Hall–Kier alpha value is -1.57. The third-order valence-corrected chi connectivity index (χ3v) is 3.50. The molecule has 1 amide bonds. The molecule has 0 bridgehead atoms. The van der Waals surface area contributed by atoms with E-state index in [1.807, 2.05) is 6.07 Å². The Balaban J connectivity index is 2.21. The third-order valence-electron chi connectivity index (χ3n) is 3.26. The second-order valence-corrected chi connectivity index (χ2v) is 5.25. The predicted octanol–water partition coefficient (Wildman–Crippen LogP) is 2.28. The minimum atomic E-state index is -0.894. The van der Waals surface area contributed by atoms with Gasteiger partial charge in [-0.15, -0.1) is 0 Å². The number of halogens is 1. The monoisotopic (exact) mass is 263 g/mol. The summed E-state index contributed by atoms with van der Waals surface area (Å²) in [5.41, 5.74) is 5.91. The maximum Gasteiger partial charge on any atom is 0.244 e. The zero-order valence-electron chi connectivity index (χ0n) is 10.0. The average Bonchev–Trinajstić information content (AvgIpc) is 3.13. The molecule has 1 unspecified atom stereocenters. The molecule has 0 radical (unpaired) electrons. The molecule has 1 aromatic rings. The second-order valence-electron chi connectivity index (χ2n) is 4.81. The van der Waals surface area contributed by atoms with Gasteiger partial charge in [-0.25, -0.2) is 0 Å². The molecule has 0 aliphatic heterocycles. The van der Waals surface area contributed by atoms with E-state index in [4.69, 9.17) is 22.6 Å². The second kappa shape index (κ2) is 4.60. The first-order chi connectivity index (χ1) is 8.45. The van der Waals surface area contributed by atoms with Gasteiger partial charge in [-0.2, -0.15) is 5.26 Å². The van der Waals surface area contributed by atoms with Crippen molar-refractivity contribution in [3.63, 3.8) is 0 Å². The molecule has 1 fully saturated rings. The van der Waals surface area contributed by atoms with Crippen molar-refractivity contribution in [3.8, 4) is 6.07 Å². The van der Waals surface area contributed by atoms with Crippen LogP contribution in [0.1, 0.15) is 25.3 Å². The van der Waals surface area contributed by atoms with Crippen molar-refractivity contribution in [1.82, 2.24) is 0 Å². The fraction of sp³-hybridized carbons (Fsp3) is 0.385. The highest BCUT2D eigenvalue weighted by Gasteiger charge is 2.44. The summed E-state index contributed by atoms with van der Waals surface area (Å²) in [4.78, 5) is 12.1. The normalized spacial score (nSPS) is 17.7. The maximum absolute atomic E-state index is 12.1. The number of hydrogen-bond acceptors (Lipinski definition) is 3. The summed E-state index contributed by atoms with van der Waals surface area (Å²) in [6.07, 6.45) is 1.95. The van der Waals surface area contributed by atoms with Crippen LogP contribution < -0.4 is 11.1 Å². The molecule has 94 valence electrons. The molecular formula is C13H14ClN3O. The average molecular weight is 264 g/mol. The number of hydrogen-bond donors (Lipinski definition) is 2. The topological polar surface area (TPSA) is 78.9 Å². The molecule has 1 atom stereocenters. The van der Waals surface area contributed by atoms with Gasteiger partial charge in [-0.05, 0) is 43.9 Å². The smallest absolute Gasteiger partial charge is 0.244 e. The van der Waals surface area contributed by atoms with Crippen LogP contribution in [0.3, 0.4) is 0 Å². The number of rotatable bonds is 3. The van der Waals surface area contributed by atoms with Crippen LogP contribution in [0.2, 0.25) is 5.02 Å². The minimum absolute atomic E-state index is 0.224. The summed E-state index contributed by atoms with van der Waals surface area (Å²) in [6, 6.07) is 6.75. The molecular weight excluding hydrogens is 250 g/mol. The van der Waals surface area contributed by atoms with Crippen LogP contribution in [-0.4, -0.2) is 11.4 Å². The number of benzene rings is 1. The van der Waals surface area contributed by atoms with Gasteiger partial charge in [-0.3, -0.25) is 4.79 Å². The molecule has 0 aromatic heterocycles. The molecule has 2 rings (SSSR count). The Bertz CT molecular complexity index is 530. The van der Waals surface area contributed by atoms with Gasteiger partial charge in [0.15, 0.2) is 0 Å². The van der Waals surface area contributed by atoms with Crippen LogP contribution in [0.25, 0.3) is 0 Å². The van der Waals surface area contributed by atoms with Crippen molar-refractivity contribution in [2.24, 2.45) is 11.7 Å². The van der Waals surface area contributed by atoms with Gasteiger partial charge >= 0.3 is 0 Å². The standard InChI is InChI=1S/C13H14ClN3O/c1-13(16,9-3-4-9)12(18)17-11-6-10(14)5-2-8(11)7-15/h2,5-6,9H,3-4,16H2,1H3,(H,17,18). The van der Waals surface area contributed by atoms with E-state index in [2.05, 4.69) is 5.32 Å². The molecule has 1 aliphatic rings. The third kappa shape index (κ3) is 2.47. The molecule has 18 heavy (non-hydrogen) atoms. The molecule has 3 N–H and O–H groups in total. The van der Waals surface area contributed by atoms with E-state index in [-0.39, 0.29) is 11.8 Å². The number of carbonyl (C=O) groups excluding carboxylic acids is 1. The van der Waals surface area contributed by atoms with E-state index in [9.17, 15) is 4.79 Å². The Labute approximate surface area is 111 Å². The first kappa shape index (κ1) is 12.9. The van der Waals surface area contributed by atoms with Crippen molar-refractivity contribution in [2.75, 3.05) is 5.32 Å². The molecule has 0 heterocycles. The molecule has 1 aromatic carbocycles. The summed E-state index contributed by atoms with van der Waals surface area (Å²) in [5, 5.41) is 12.1. The van der Waals surface area contributed by atoms with Gasteiger partial charge < -0.3 is 11.1 Å². The number of nitrogens with two attached hydrogens (primary N) is 1. The summed E-state index contributed by atoms with van der Waals surface area (Å²) in [5.74, 6) is -0.0500. The highest BCUT2D eigenvalue weighted by Crippen LogP contribution is 2.38. The van der Waals surface area contributed by atoms with Crippen LogP contribution in [0.5, 0.6) is 0 Å². The fourth-order valence-corrected chi connectivity index (χ4v) is 2.01. The molecule has 1 saturated carbocycles. The lowest BCUT2D eigenvalue weighted by Crippen LogP contribution is -2.50. The van der Waals surface area contributed by atoms with Crippen molar-refractivity contribution in [1.29, 1.82) is 5.26 Å². The lowest BCUT2D eigenvalue weighted by molar-refractivity contribution is -0.121. The highest BCUT2D eigenvalue weighted by atomic mass is 35.5. The minimum Gasteiger partial charge on any atom is -0.323 e. The van der Waals surface area contributed by atoms with Crippen LogP contribution in [-0.2, 0) is 4.79 Å². The lowest BCUT2D eigenvalue weighted by atomic mass is 9.96. The quantitative estimate of drug-likeness (QED) is 0.878. The zero-order chi connectivity index (χ0) is 13.3. The molecule has 1 aliphatic carbocycles. The van der Waals surface area contributed by atoms with Crippen molar-refractivity contribution >= 4 is 23.2 Å². The summed E-state index contributed by atoms with van der Waals surface area (Å²) < 4.78 is 0. The number of nitrogens with one attached hydrogen (secondary N) is 1. The largest absolute Gasteiger partial charge is 0.323 e. The van der Waals surface area contributed by atoms with Crippen LogP contribution in [0.15, 0.2) is 18.2 Å². The molecule has 4 nitrogen and oxygen atoms in total. The van der Waals surface area contributed by atoms with E-state index in [0.717, 1.165) is 12.8 Å². The van der Waals surface area contributed by atoms with Gasteiger partial charge in [0.2, 0.25) is 5.91 Å². The van der Waals surface area contributed by atoms with Gasteiger partial charge in [0.25, 0.3) is 0 Å². The number of anilines is 1. The van der Waals surface area contributed by atoms with Crippen molar-refractivity contribution in [3.05, 3.63) is 28.8 Å². The van der Waals surface area contributed by atoms with E-state index < -0.39 is 5.54 Å². The number of amides is 1. The molecule has 5 heteroatoms. The van der Waals surface area contributed by atoms with Crippen molar-refractivity contribution < 1.29 is 4.79 Å². The summed E-state index contributed by atoms with van der Waals surface area (Å²) in [7, 11) is 0. The Morgan fingerprint density at radius 1 is 1.61 bits per heavy atom. The van der Waals surface area contributed by atoms with E-state index in [1.54, 1.807) is 25.1 Å². The number of carbonyl (C=O) groups is 1. The Morgan fingerprint density at radius 2 is 2.28 bits per heavy atom. The first-order valence-electron chi connectivity index (χ1n) is 5.75. The van der Waals surface area contributed by atoms with Crippen molar-refractivity contribution in [2.45, 2.75) is 25.3 Å². The van der Waals surface area contributed by atoms with Crippen LogP contribution in [0.4, 0.5) is 5.69 Å². The van der Waals surface area contributed by atoms with Crippen LogP contribution in [0, 0.1) is 17.2 Å². The zero-order valence-corrected chi connectivity index (χ0v) is 10.8. The summed E-state index contributed by atoms with van der Waals surface area (Å²) in [6.45, 7) is 1.72. The van der Waals surface area contributed by atoms with E-state index >= 15 is 0 Å². The highest BCUT2D eigenvalue weighted by molar-refractivity contribution is 6.31. The number of nitrogens with zero attached hydrogens (tertiary/aromatic N) is 1. The maximum atomic E-state index is 12.1. The van der Waals surface area contributed by atoms with Gasteiger partial charge in [0.05, 0.1) is 16.8 Å². The molecule has 0 spiro atoms. The fourth-order valence-electron chi connectivity index (χ4n) is 1.84. The van der Waals surface area contributed by atoms with E-state index in [0.29, 0.717) is 16.3 Å². The Kier molecular flexibility index (Phi) is 3.29. The molecule has 0 saturated heterocycles. The predicted molar refractivity (Wildman–Crippen MR) is 70.1 cm³/mol. The summed E-state index contributed by atoms with van der Waals surface area (Å²) >= 11 is 5.85. The SMILES string of the molecule is CC(N)(C(=O)Nc1cc(Cl)ccc1C#N)C1CC1.